The summed E-state index contributed by atoms with van der Waals surface area (Å²) in [6.07, 6.45) is 1.82. The number of hydrogen-bond acceptors (Lipinski definition) is 4. The molecular weight excluding hydrogens is 274 g/mol. The zero-order valence-electron chi connectivity index (χ0n) is 11.8. The molecule has 5 nitrogen and oxygen atoms in total. The summed E-state index contributed by atoms with van der Waals surface area (Å²) in [7, 11) is -3.01. The second-order valence-corrected chi connectivity index (χ2v) is 8.01. The van der Waals surface area contributed by atoms with Gasteiger partial charge in [-0.25, -0.2) is 12.7 Å². The normalized spacial score (nSPS) is 27.9. The topological polar surface area (TPSA) is 53.5 Å². The predicted octanol–water partition coefficient (Wildman–Crippen LogP) is 0.795. The van der Waals surface area contributed by atoms with Crippen molar-refractivity contribution < 1.29 is 8.42 Å². The van der Waals surface area contributed by atoms with E-state index in [4.69, 9.17) is 0 Å². The fourth-order valence-electron chi connectivity index (χ4n) is 3.31. The van der Waals surface area contributed by atoms with Crippen molar-refractivity contribution in [1.82, 2.24) is 14.2 Å². The van der Waals surface area contributed by atoms with Crippen molar-refractivity contribution in [3.05, 3.63) is 30.1 Å². The fraction of sp³-hybridized carbons (Fsp3) is 0.643. The molecule has 0 radical (unpaired) electrons. The average Bonchev–Trinajstić information content (AvgIpc) is 2.98. The number of aromatic nitrogens is 1. The SMILES string of the molecule is CCS(=O)(=O)N1C[C@H]2CN(Cc3ccccn3)C[C@@H]2C1. The number of hydrogen-bond donors (Lipinski definition) is 0. The van der Waals surface area contributed by atoms with Gasteiger partial charge in [0.25, 0.3) is 0 Å². The highest BCUT2D eigenvalue weighted by Gasteiger charge is 2.43. The van der Waals surface area contributed by atoms with Gasteiger partial charge in [-0.15, -0.1) is 0 Å². The van der Waals surface area contributed by atoms with Crippen molar-refractivity contribution in [3.8, 4) is 0 Å². The standard InChI is InChI=1S/C14H21N3O2S/c1-2-20(18,19)17-9-12-7-16(8-13(12)10-17)11-14-5-3-4-6-15-14/h3-6,12-13H,2,7-11H2,1H3/t12-,13-/m1/s1. The average molecular weight is 295 g/mol. The van der Waals surface area contributed by atoms with E-state index in [-0.39, 0.29) is 5.75 Å². The third-order valence-corrected chi connectivity index (χ3v) is 6.21. The molecule has 110 valence electrons. The van der Waals surface area contributed by atoms with Crippen molar-refractivity contribution in [2.45, 2.75) is 13.5 Å². The van der Waals surface area contributed by atoms with Gasteiger partial charge < -0.3 is 0 Å². The van der Waals surface area contributed by atoms with Gasteiger partial charge >= 0.3 is 0 Å². The zero-order valence-corrected chi connectivity index (χ0v) is 12.6. The molecule has 2 saturated heterocycles. The van der Waals surface area contributed by atoms with Gasteiger partial charge in [-0.1, -0.05) is 6.07 Å². The molecule has 2 aliphatic rings. The molecular formula is C14H21N3O2S. The molecule has 2 aliphatic heterocycles. The van der Waals surface area contributed by atoms with Crippen LogP contribution in [-0.4, -0.2) is 54.5 Å². The van der Waals surface area contributed by atoms with Crippen LogP contribution in [0.25, 0.3) is 0 Å². The summed E-state index contributed by atoms with van der Waals surface area (Å²) in [6.45, 7) is 5.94. The summed E-state index contributed by atoms with van der Waals surface area (Å²) in [5.41, 5.74) is 1.09. The van der Waals surface area contributed by atoms with Crippen LogP contribution in [0.5, 0.6) is 0 Å². The Kier molecular flexibility index (Phi) is 3.79. The number of likely N-dealkylation sites (tertiary alicyclic amines) is 1. The van der Waals surface area contributed by atoms with Crippen LogP contribution < -0.4 is 0 Å². The van der Waals surface area contributed by atoms with Crippen molar-refractivity contribution in [1.29, 1.82) is 0 Å². The second kappa shape index (κ2) is 5.42. The number of pyridine rings is 1. The maximum Gasteiger partial charge on any atom is 0.213 e. The molecule has 1 aromatic rings. The molecule has 6 heteroatoms. The molecule has 0 aromatic carbocycles. The minimum Gasteiger partial charge on any atom is -0.297 e. The van der Waals surface area contributed by atoms with Crippen molar-refractivity contribution in [2.75, 3.05) is 31.9 Å². The monoisotopic (exact) mass is 295 g/mol. The molecule has 3 rings (SSSR count). The van der Waals surface area contributed by atoms with Crippen molar-refractivity contribution >= 4 is 10.0 Å². The van der Waals surface area contributed by atoms with Crippen LogP contribution >= 0.6 is 0 Å². The Morgan fingerprint density at radius 2 is 1.90 bits per heavy atom. The third-order valence-electron chi connectivity index (χ3n) is 4.40. The summed E-state index contributed by atoms with van der Waals surface area (Å²) in [4.78, 5) is 6.75. The van der Waals surface area contributed by atoms with Gasteiger partial charge in [0.15, 0.2) is 0 Å². The van der Waals surface area contributed by atoms with Gasteiger partial charge in [0.1, 0.15) is 0 Å². The molecule has 0 bridgehead atoms. The lowest BCUT2D eigenvalue weighted by Gasteiger charge is -2.20. The van der Waals surface area contributed by atoms with Crippen molar-refractivity contribution in [2.24, 2.45) is 11.8 Å². The van der Waals surface area contributed by atoms with Crippen LogP contribution in [0.1, 0.15) is 12.6 Å². The Balaban J connectivity index is 1.59. The summed E-state index contributed by atoms with van der Waals surface area (Å²) < 4.78 is 25.5. The highest BCUT2D eigenvalue weighted by Crippen LogP contribution is 2.33. The molecule has 0 aliphatic carbocycles. The van der Waals surface area contributed by atoms with Gasteiger partial charge in [-0.2, -0.15) is 0 Å². The Morgan fingerprint density at radius 3 is 2.45 bits per heavy atom. The van der Waals surface area contributed by atoms with E-state index in [0.717, 1.165) is 25.3 Å². The molecule has 2 fully saturated rings. The fourth-order valence-corrected chi connectivity index (χ4v) is 4.51. The van der Waals surface area contributed by atoms with E-state index in [1.165, 1.54) is 0 Å². The molecule has 0 spiro atoms. The lowest BCUT2D eigenvalue weighted by molar-refractivity contribution is 0.287. The maximum atomic E-state index is 11.9. The first-order chi connectivity index (χ1) is 9.58. The Hall–Kier alpha value is -0.980. The van der Waals surface area contributed by atoms with E-state index in [1.807, 2.05) is 24.4 Å². The van der Waals surface area contributed by atoms with Gasteiger partial charge in [-0.05, 0) is 30.9 Å². The molecule has 3 heterocycles. The van der Waals surface area contributed by atoms with Crippen LogP contribution in [0.4, 0.5) is 0 Å². The van der Waals surface area contributed by atoms with Crippen LogP contribution in [0.2, 0.25) is 0 Å². The van der Waals surface area contributed by atoms with Crippen LogP contribution in [0.15, 0.2) is 24.4 Å². The van der Waals surface area contributed by atoms with Crippen LogP contribution in [0, 0.1) is 11.8 Å². The smallest absolute Gasteiger partial charge is 0.213 e. The Labute approximate surface area is 120 Å². The molecule has 20 heavy (non-hydrogen) atoms. The van der Waals surface area contributed by atoms with Crippen LogP contribution in [-0.2, 0) is 16.6 Å². The highest BCUT2D eigenvalue weighted by molar-refractivity contribution is 7.89. The first kappa shape index (κ1) is 14.0. The van der Waals surface area contributed by atoms with Gasteiger partial charge in [0, 0.05) is 38.9 Å². The van der Waals surface area contributed by atoms with E-state index in [2.05, 4.69) is 9.88 Å². The molecule has 1 aromatic heterocycles. The minimum atomic E-state index is -3.01. The van der Waals surface area contributed by atoms with E-state index < -0.39 is 10.0 Å². The lowest BCUT2D eigenvalue weighted by atomic mass is 10.0. The van der Waals surface area contributed by atoms with Gasteiger partial charge in [-0.3, -0.25) is 9.88 Å². The molecule has 0 N–H and O–H groups in total. The first-order valence-electron chi connectivity index (χ1n) is 7.18. The molecule has 0 saturated carbocycles. The third kappa shape index (κ3) is 2.73. The largest absolute Gasteiger partial charge is 0.297 e. The highest BCUT2D eigenvalue weighted by atomic mass is 32.2. The molecule has 0 unspecified atom stereocenters. The van der Waals surface area contributed by atoms with Crippen molar-refractivity contribution in [3.63, 3.8) is 0 Å². The maximum absolute atomic E-state index is 11.9. The predicted molar refractivity (Wildman–Crippen MR) is 77.5 cm³/mol. The van der Waals surface area contributed by atoms with E-state index in [0.29, 0.717) is 24.9 Å². The summed E-state index contributed by atoms with van der Waals surface area (Å²) in [5, 5.41) is 0. The quantitative estimate of drug-likeness (QED) is 0.824. The Bertz CT molecular complexity index is 547. The lowest BCUT2D eigenvalue weighted by Crippen LogP contribution is -2.34. The summed E-state index contributed by atoms with van der Waals surface area (Å²) in [5.74, 6) is 1.18. The second-order valence-electron chi connectivity index (χ2n) is 5.75. The molecule has 0 amide bonds. The minimum absolute atomic E-state index is 0.212. The summed E-state index contributed by atoms with van der Waals surface area (Å²) in [6, 6.07) is 5.98. The van der Waals surface area contributed by atoms with Gasteiger partial charge in [0.2, 0.25) is 10.0 Å². The number of sulfonamides is 1. The number of fused-ring (bicyclic) bond motifs is 1. The Morgan fingerprint density at radius 1 is 1.20 bits per heavy atom. The number of nitrogens with zero attached hydrogens (tertiary/aromatic N) is 3. The van der Waals surface area contributed by atoms with Crippen LogP contribution in [0.3, 0.4) is 0 Å². The van der Waals surface area contributed by atoms with E-state index in [9.17, 15) is 8.42 Å². The zero-order chi connectivity index (χ0) is 14.2. The van der Waals surface area contributed by atoms with E-state index >= 15 is 0 Å². The summed E-state index contributed by atoms with van der Waals surface area (Å²) >= 11 is 0. The first-order valence-corrected chi connectivity index (χ1v) is 8.79. The molecule has 2 atom stereocenters. The van der Waals surface area contributed by atoms with Gasteiger partial charge in [0.05, 0.1) is 11.4 Å². The van der Waals surface area contributed by atoms with E-state index in [1.54, 1.807) is 11.2 Å². The number of rotatable bonds is 4.